The number of nitrogens with zero attached hydrogens (tertiary/aromatic N) is 2. The summed E-state index contributed by atoms with van der Waals surface area (Å²) in [7, 11) is 0. The van der Waals surface area contributed by atoms with Gasteiger partial charge < -0.3 is 15.4 Å². The fourth-order valence-electron chi connectivity index (χ4n) is 4.48. The summed E-state index contributed by atoms with van der Waals surface area (Å²) in [6.07, 6.45) is 4.08. The molecule has 7 nitrogen and oxygen atoms in total. The number of hydrogen-bond acceptors (Lipinski definition) is 5. The van der Waals surface area contributed by atoms with E-state index in [1.54, 1.807) is 0 Å². The van der Waals surface area contributed by atoms with Crippen LogP contribution in [-0.4, -0.2) is 46.4 Å². The molecule has 1 atom stereocenters. The zero-order valence-electron chi connectivity index (χ0n) is 19.0. The van der Waals surface area contributed by atoms with Crippen LogP contribution in [0, 0.1) is 0 Å². The lowest BCUT2D eigenvalue weighted by Gasteiger charge is -2.40. The molecule has 1 saturated carbocycles. The molecule has 1 aliphatic heterocycles. The number of H-pyrrole nitrogens is 1. The van der Waals surface area contributed by atoms with Gasteiger partial charge in [-0.15, -0.1) is 0 Å². The largest absolute Gasteiger partial charge is 0.381 e. The van der Waals surface area contributed by atoms with Gasteiger partial charge in [0.05, 0.1) is 0 Å². The van der Waals surface area contributed by atoms with E-state index in [2.05, 4.69) is 57.0 Å². The van der Waals surface area contributed by atoms with E-state index in [9.17, 15) is 4.79 Å². The van der Waals surface area contributed by atoms with Crippen LogP contribution >= 0.6 is 0 Å². The Morgan fingerprint density at radius 3 is 2.55 bits per heavy atom. The minimum atomic E-state index is -0.193. The predicted molar refractivity (Wildman–Crippen MR) is 127 cm³/mol. The van der Waals surface area contributed by atoms with Crippen LogP contribution in [0.4, 0.5) is 0 Å². The summed E-state index contributed by atoms with van der Waals surface area (Å²) in [5.41, 5.74) is 2.59. The number of carbonyl (C=O) groups excluding carboxylic acids is 1. The first kappa shape index (κ1) is 21.8. The lowest BCUT2D eigenvalue weighted by Crippen LogP contribution is -2.57. The quantitative estimate of drug-likeness (QED) is 0.488. The molecule has 1 aromatic heterocycles. The SMILES string of the molecule is CC(NC1(CNC(=O)c2ccc(-c3n[nH]c(C4CC4)n3)cc2)CCOCC1)c1ccccc1. The van der Waals surface area contributed by atoms with Crippen molar-refractivity contribution < 1.29 is 9.53 Å². The third-order valence-electron chi connectivity index (χ3n) is 6.73. The molecule has 3 N–H and O–H groups in total. The number of nitrogens with one attached hydrogen (secondary N) is 3. The second kappa shape index (κ2) is 9.45. The van der Waals surface area contributed by atoms with Crippen molar-refractivity contribution in [3.63, 3.8) is 0 Å². The molecule has 0 bridgehead atoms. The molecule has 33 heavy (non-hydrogen) atoms. The Morgan fingerprint density at radius 1 is 1.12 bits per heavy atom. The summed E-state index contributed by atoms with van der Waals surface area (Å²) >= 11 is 0. The first-order chi connectivity index (χ1) is 16.1. The molecule has 172 valence electrons. The average Bonchev–Trinajstić information content (AvgIpc) is 3.60. The maximum Gasteiger partial charge on any atom is 0.251 e. The maximum absolute atomic E-state index is 12.9. The fraction of sp³-hybridized carbons (Fsp3) is 0.423. The van der Waals surface area contributed by atoms with Crippen molar-refractivity contribution in [2.45, 2.75) is 50.1 Å². The van der Waals surface area contributed by atoms with Gasteiger partial charge in [0.15, 0.2) is 5.82 Å². The minimum Gasteiger partial charge on any atom is -0.381 e. The van der Waals surface area contributed by atoms with Crippen LogP contribution in [0.25, 0.3) is 11.4 Å². The van der Waals surface area contributed by atoms with Crippen LogP contribution in [0.2, 0.25) is 0 Å². The molecule has 1 saturated heterocycles. The van der Waals surface area contributed by atoms with Crippen molar-refractivity contribution in [3.8, 4) is 11.4 Å². The molecular formula is C26H31N5O2. The Labute approximate surface area is 194 Å². The summed E-state index contributed by atoms with van der Waals surface area (Å²) in [5.74, 6) is 2.11. The smallest absolute Gasteiger partial charge is 0.251 e. The van der Waals surface area contributed by atoms with Gasteiger partial charge in [0.2, 0.25) is 0 Å². The van der Waals surface area contributed by atoms with E-state index >= 15 is 0 Å². The molecular weight excluding hydrogens is 414 g/mol. The Hall–Kier alpha value is -3.03. The molecule has 7 heteroatoms. The van der Waals surface area contributed by atoms with E-state index < -0.39 is 0 Å². The summed E-state index contributed by atoms with van der Waals surface area (Å²) in [5, 5.41) is 14.3. The molecule has 0 spiro atoms. The van der Waals surface area contributed by atoms with Gasteiger partial charge in [0, 0.05) is 48.4 Å². The fourth-order valence-corrected chi connectivity index (χ4v) is 4.48. The predicted octanol–water partition coefficient (Wildman–Crippen LogP) is 3.98. The van der Waals surface area contributed by atoms with Crippen molar-refractivity contribution in [2.75, 3.05) is 19.8 Å². The lowest BCUT2D eigenvalue weighted by molar-refractivity contribution is 0.0332. The monoisotopic (exact) mass is 445 g/mol. The first-order valence-corrected chi connectivity index (χ1v) is 11.8. The molecule has 3 aromatic rings. The van der Waals surface area contributed by atoms with E-state index in [1.807, 2.05) is 30.3 Å². The van der Waals surface area contributed by atoms with Gasteiger partial charge in [0.1, 0.15) is 5.82 Å². The number of benzene rings is 2. The van der Waals surface area contributed by atoms with Gasteiger partial charge in [-0.2, -0.15) is 5.10 Å². The number of aromatic amines is 1. The topological polar surface area (TPSA) is 91.9 Å². The average molecular weight is 446 g/mol. The zero-order valence-corrected chi connectivity index (χ0v) is 19.0. The van der Waals surface area contributed by atoms with Crippen molar-refractivity contribution in [2.24, 2.45) is 0 Å². The molecule has 1 amide bonds. The van der Waals surface area contributed by atoms with E-state index in [4.69, 9.17) is 4.74 Å². The van der Waals surface area contributed by atoms with Crippen LogP contribution in [0.1, 0.15) is 66.3 Å². The Kier molecular flexibility index (Phi) is 6.24. The molecule has 2 heterocycles. The normalized spacial score (nSPS) is 18.6. The van der Waals surface area contributed by atoms with E-state index in [0.29, 0.717) is 37.1 Å². The molecule has 0 radical (unpaired) electrons. The Balaban J connectivity index is 1.23. The molecule has 1 unspecified atom stereocenters. The van der Waals surface area contributed by atoms with Gasteiger partial charge in [-0.25, -0.2) is 4.98 Å². The van der Waals surface area contributed by atoms with Crippen molar-refractivity contribution in [3.05, 3.63) is 71.5 Å². The van der Waals surface area contributed by atoms with Crippen molar-refractivity contribution in [1.29, 1.82) is 0 Å². The summed E-state index contributed by atoms with van der Waals surface area (Å²) < 4.78 is 5.61. The van der Waals surface area contributed by atoms with Gasteiger partial charge in [-0.05, 0) is 50.3 Å². The summed E-state index contributed by atoms with van der Waals surface area (Å²) in [4.78, 5) is 17.5. The van der Waals surface area contributed by atoms with Gasteiger partial charge in [-0.1, -0.05) is 42.5 Å². The van der Waals surface area contributed by atoms with Crippen LogP contribution < -0.4 is 10.6 Å². The second-order valence-electron chi connectivity index (χ2n) is 9.25. The first-order valence-electron chi connectivity index (χ1n) is 11.8. The maximum atomic E-state index is 12.9. The van der Waals surface area contributed by atoms with Crippen molar-refractivity contribution in [1.82, 2.24) is 25.8 Å². The third kappa shape index (κ3) is 5.15. The highest BCUT2D eigenvalue weighted by molar-refractivity contribution is 5.94. The molecule has 1 aliphatic carbocycles. The highest BCUT2D eigenvalue weighted by atomic mass is 16.5. The number of ether oxygens (including phenoxy) is 1. The van der Waals surface area contributed by atoms with Crippen molar-refractivity contribution >= 4 is 5.91 Å². The second-order valence-corrected chi connectivity index (χ2v) is 9.25. The Morgan fingerprint density at radius 2 is 1.85 bits per heavy atom. The van der Waals surface area contributed by atoms with Crippen LogP contribution in [0.15, 0.2) is 54.6 Å². The Bertz CT molecular complexity index is 1070. The molecule has 5 rings (SSSR count). The highest BCUT2D eigenvalue weighted by Crippen LogP contribution is 2.38. The zero-order chi connectivity index (χ0) is 22.7. The third-order valence-corrected chi connectivity index (χ3v) is 6.73. The molecule has 2 aliphatic rings. The number of aromatic nitrogens is 3. The van der Waals surface area contributed by atoms with Gasteiger partial charge in [0.25, 0.3) is 5.91 Å². The summed E-state index contributed by atoms with van der Waals surface area (Å²) in [6, 6.07) is 18.1. The van der Waals surface area contributed by atoms with Crippen LogP contribution in [0.5, 0.6) is 0 Å². The number of rotatable bonds is 8. The standard InChI is InChI=1S/C26H31N5O2/c1-18(19-5-3-2-4-6-19)29-26(13-15-33-16-14-26)17-27-25(32)22-11-9-21(10-12-22)24-28-23(30-31-24)20-7-8-20/h2-6,9-12,18,20,29H,7-8,13-17H2,1H3,(H,27,32)(H,28,30,31). The summed E-state index contributed by atoms with van der Waals surface area (Å²) in [6.45, 7) is 4.11. The minimum absolute atomic E-state index is 0.0739. The lowest BCUT2D eigenvalue weighted by atomic mass is 9.88. The number of hydrogen-bond donors (Lipinski definition) is 3. The van der Waals surface area contributed by atoms with E-state index in [1.165, 1.54) is 18.4 Å². The van der Waals surface area contributed by atoms with E-state index in [0.717, 1.165) is 24.2 Å². The number of amides is 1. The van der Waals surface area contributed by atoms with Gasteiger partial charge in [-0.3, -0.25) is 9.89 Å². The van der Waals surface area contributed by atoms with Gasteiger partial charge >= 0.3 is 0 Å². The number of carbonyl (C=O) groups is 1. The highest BCUT2D eigenvalue weighted by Gasteiger charge is 2.34. The molecule has 2 aromatic carbocycles. The molecule has 2 fully saturated rings. The van der Waals surface area contributed by atoms with E-state index in [-0.39, 0.29) is 17.5 Å². The van der Waals surface area contributed by atoms with Crippen LogP contribution in [0.3, 0.4) is 0 Å². The van der Waals surface area contributed by atoms with Crippen LogP contribution in [-0.2, 0) is 4.74 Å².